The molecular formula is C34H37NO12. The van der Waals surface area contributed by atoms with Gasteiger partial charge in [0.1, 0.15) is 18.2 Å². The third-order valence-electron chi connectivity index (χ3n) is 12.3. The molecule has 0 radical (unpaired) electrons. The van der Waals surface area contributed by atoms with Crippen LogP contribution in [-0.2, 0) is 42.9 Å². The number of aldehydes is 1. The van der Waals surface area contributed by atoms with Gasteiger partial charge < -0.3 is 34.0 Å². The molecular weight excluding hydrogens is 614 g/mol. The van der Waals surface area contributed by atoms with Gasteiger partial charge in [-0.2, -0.15) is 0 Å². The van der Waals surface area contributed by atoms with Crippen LogP contribution in [0.2, 0.25) is 0 Å². The van der Waals surface area contributed by atoms with Crippen LogP contribution >= 0.6 is 0 Å². The van der Waals surface area contributed by atoms with Crippen molar-refractivity contribution in [3.05, 3.63) is 48.0 Å². The molecule has 0 amide bonds. The van der Waals surface area contributed by atoms with Crippen LogP contribution in [0.15, 0.2) is 42.5 Å². The maximum absolute atomic E-state index is 14.5. The molecule has 2 heterocycles. The molecule has 2 N–H and O–H groups in total. The standard InChI is InChI=1S/C34H37NO12/c1-13-18-21(40)19-26-34-24(20(35(26)6)28(42)33(19,27(13)41)25(34)22(18)44-14(2)37)32(5,12-36)29(45-15(3)38)23(30(34)46-16(4)39)47-31(43)17-10-8-7-9-11-17/h7-12,18-20,22-30,41-42H,1H2,2-6H3/t18-,19+,20+,22+,23-,24+,25+,26+,27-,28+,29-,30+,32-,33-,34+/m0/s1. The summed E-state index contributed by atoms with van der Waals surface area (Å²) in [6, 6.07) is 6.11. The second-order valence-electron chi connectivity index (χ2n) is 14.2. The molecule has 15 atom stereocenters. The Bertz CT molecular complexity index is 1630. The van der Waals surface area contributed by atoms with Crippen LogP contribution in [0.1, 0.15) is 38.1 Å². The zero-order valence-corrected chi connectivity index (χ0v) is 26.5. The molecule has 47 heavy (non-hydrogen) atoms. The predicted octanol–water partition coefficient (Wildman–Crippen LogP) is 0.248. The van der Waals surface area contributed by atoms with Gasteiger partial charge in [0.25, 0.3) is 0 Å². The molecule has 13 nitrogen and oxygen atoms in total. The first-order valence-electron chi connectivity index (χ1n) is 15.7. The van der Waals surface area contributed by atoms with Gasteiger partial charge in [-0.25, -0.2) is 4.79 Å². The molecule has 250 valence electrons. The highest BCUT2D eigenvalue weighted by Crippen LogP contribution is 2.84. The Balaban J connectivity index is 1.55. The highest BCUT2D eigenvalue weighted by Gasteiger charge is 2.96. The van der Waals surface area contributed by atoms with E-state index in [9.17, 15) is 39.0 Å². The minimum atomic E-state index is -1.72. The van der Waals surface area contributed by atoms with E-state index in [1.807, 2.05) is 0 Å². The summed E-state index contributed by atoms with van der Waals surface area (Å²) in [5, 5.41) is 24.4. The van der Waals surface area contributed by atoms with Gasteiger partial charge in [0.2, 0.25) is 0 Å². The number of ketones is 1. The molecule has 8 fully saturated rings. The quantitative estimate of drug-likeness (QED) is 0.185. The Morgan fingerprint density at radius 2 is 1.47 bits per heavy atom. The fourth-order valence-electron chi connectivity index (χ4n) is 11.5. The zero-order valence-electron chi connectivity index (χ0n) is 26.5. The fourth-order valence-corrected chi connectivity index (χ4v) is 11.5. The van der Waals surface area contributed by atoms with Crippen molar-refractivity contribution in [2.75, 3.05) is 7.05 Å². The first-order valence-corrected chi connectivity index (χ1v) is 15.7. The first kappa shape index (κ1) is 31.6. The number of likely N-dealkylation sites (N-methyl/N-ethyl adjacent to an activating group) is 1. The fraction of sp³-hybridized carbons (Fsp3) is 0.588. The number of carbonyl (C=O) groups excluding carboxylic acids is 6. The van der Waals surface area contributed by atoms with Crippen LogP contribution in [0.5, 0.6) is 0 Å². The van der Waals surface area contributed by atoms with Crippen LogP contribution in [0.25, 0.3) is 0 Å². The summed E-state index contributed by atoms with van der Waals surface area (Å²) in [4.78, 5) is 82.0. The summed E-state index contributed by atoms with van der Waals surface area (Å²) in [7, 11) is 1.68. The third kappa shape index (κ3) is 3.49. The number of hydrogen-bond acceptors (Lipinski definition) is 13. The number of ether oxygens (including phenoxy) is 4. The monoisotopic (exact) mass is 651 g/mol. The number of aliphatic hydroxyl groups is 2. The molecule has 9 rings (SSSR count). The SMILES string of the molecule is C=C1[C@H]2C(=O)[C@@H]3[C@H]4N(C)[C@H]5[C@@H](O)[C@@]3([C@@H]([C@@H]2OC(C)=O)[C@@]42[C@H](OC(C)=O)[C@@H](OC(=O)c3ccccc3)[C@H](OC(C)=O)[C@@](C)(C=O)[C@@H]52)[C@H]1O. The second-order valence-corrected chi connectivity index (χ2v) is 14.2. The summed E-state index contributed by atoms with van der Waals surface area (Å²) < 4.78 is 24.0. The number of nitrogens with zero attached hydrogens (tertiary/aromatic N) is 1. The molecule has 13 heteroatoms. The molecule has 1 aromatic carbocycles. The lowest BCUT2D eigenvalue weighted by Gasteiger charge is -2.69. The lowest BCUT2D eigenvalue weighted by molar-refractivity contribution is -0.301. The van der Waals surface area contributed by atoms with Crippen LogP contribution in [-0.4, -0.2) is 107 Å². The van der Waals surface area contributed by atoms with E-state index in [2.05, 4.69) is 6.58 Å². The minimum Gasteiger partial charge on any atom is -0.461 e. The van der Waals surface area contributed by atoms with Crippen molar-refractivity contribution in [2.45, 2.75) is 76.4 Å². The number of carbonyl (C=O) groups is 6. The van der Waals surface area contributed by atoms with E-state index in [1.54, 1.807) is 30.1 Å². The molecule has 0 aromatic heterocycles. The molecule has 6 saturated carbocycles. The van der Waals surface area contributed by atoms with Gasteiger partial charge in [0, 0.05) is 61.4 Å². The average molecular weight is 652 g/mol. The number of esters is 4. The maximum atomic E-state index is 14.5. The zero-order chi connectivity index (χ0) is 34.1. The van der Waals surface area contributed by atoms with E-state index >= 15 is 0 Å². The largest absolute Gasteiger partial charge is 0.461 e. The van der Waals surface area contributed by atoms with Gasteiger partial charge >= 0.3 is 23.9 Å². The van der Waals surface area contributed by atoms with Crippen molar-refractivity contribution >= 4 is 35.9 Å². The number of hydrogen-bond donors (Lipinski definition) is 2. The summed E-state index contributed by atoms with van der Waals surface area (Å²) >= 11 is 0. The Labute approximate surface area is 270 Å². The van der Waals surface area contributed by atoms with Crippen molar-refractivity contribution in [1.29, 1.82) is 0 Å². The number of fused-ring (bicyclic) bond motifs is 1. The van der Waals surface area contributed by atoms with E-state index in [0.717, 1.165) is 13.8 Å². The maximum Gasteiger partial charge on any atom is 0.338 e. The molecule has 1 aromatic rings. The van der Waals surface area contributed by atoms with Gasteiger partial charge in [0.05, 0.1) is 29.1 Å². The van der Waals surface area contributed by atoms with E-state index in [0.29, 0.717) is 6.29 Å². The lowest BCUT2D eigenvalue weighted by Crippen LogP contribution is -2.81. The first-order chi connectivity index (χ1) is 22.1. The Morgan fingerprint density at radius 3 is 2.04 bits per heavy atom. The van der Waals surface area contributed by atoms with Crippen molar-refractivity contribution < 1.29 is 57.9 Å². The topological polar surface area (TPSA) is 183 Å². The van der Waals surface area contributed by atoms with E-state index in [1.165, 1.54) is 26.0 Å². The van der Waals surface area contributed by atoms with Crippen molar-refractivity contribution in [3.63, 3.8) is 0 Å². The number of aliphatic hydroxyl groups excluding tert-OH is 2. The summed E-state index contributed by atoms with van der Waals surface area (Å²) in [6.07, 6.45) is -8.17. The highest BCUT2D eigenvalue weighted by molar-refractivity contribution is 5.94. The van der Waals surface area contributed by atoms with Gasteiger partial charge in [-0.3, -0.25) is 24.1 Å². The normalized spacial score (nSPS) is 46.9. The molecule has 2 spiro atoms. The summed E-state index contributed by atoms with van der Waals surface area (Å²) in [6.45, 7) is 8.98. The van der Waals surface area contributed by atoms with Crippen molar-refractivity contribution in [1.82, 2.24) is 4.90 Å². The second kappa shape index (κ2) is 10.0. The van der Waals surface area contributed by atoms with Crippen LogP contribution in [0.3, 0.4) is 0 Å². The van der Waals surface area contributed by atoms with Crippen LogP contribution in [0.4, 0.5) is 0 Å². The number of piperidine rings is 1. The lowest BCUT2D eigenvalue weighted by atomic mass is 9.36. The molecule has 6 aliphatic carbocycles. The van der Waals surface area contributed by atoms with Crippen LogP contribution in [0, 0.1) is 39.9 Å². The van der Waals surface area contributed by atoms with E-state index < -0.39 is 118 Å². The molecule has 8 aliphatic rings. The Kier molecular flexibility index (Phi) is 6.76. The molecule has 2 aliphatic heterocycles. The molecule has 7 bridgehead atoms. The van der Waals surface area contributed by atoms with Gasteiger partial charge in [-0.1, -0.05) is 24.8 Å². The third-order valence-corrected chi connectivity index (χ3v) is 12.3. The highest BCUT2D eigenvalue weighted by atomic mass is 16.6. The predicted molar refractivity (Wildman–Crippen MR) is 157 cm³/mol. The van der Waals surface area contributed by atoms with Gasteiger partial charge in [-0.05, 0) is 31.7 Å². The van der Waals surface area contributed by atoms with Crippen molar-refractivity contribution in [3.8, 4) is 0 Å². The van der Waals surface area contributed by atoms with Crippen molar-refractivity contribution in [2.24, 2.45) is 39.9 Å². The molecule has 0 unspecified atom stereocenters. The number of rotatable bonds is 6. The van der Waals surface area contributed by atoms with Gasteiger partial charge in [0.15, 0.2) is 18.3 Å². The number of Topliss-reactive ketones (excluding diaryl/α,β-unsaturated/α-hetero) is 1. The average Bonchev–Trinajstić information content (AvgIpc) is 3.35. The number of benzene rings is 1. The Hall–Kier alpha value is -3.94. The smallest absolute Gasteiger partial charge is 0.338 e. The Morgan fingerprint density at radius 1 is 0.872 bits per heavy atom. The van der Waals surface area contributed by atoms with E-state index in [-0.39, 0.29) is 11.1 Å². The minimum absolute atomic E-state index is 0.105. The van der Waals surface area contributed by atoms with Gasteiger partial charge in [-0.15, -0.1) is 0 Å². The summed E-state index contributed by atoms with van der Waals surface area (Å²) in [5.74, 6) is -7.90. The van der Waals surface area contributed by atoms with E-state index in [4.69, 9.17) is 18.9 Å². The summed E-state index contributed by atoms with van der Waals surface area (Å²) in [5.41, 5.74) is -4.68. The van der Waals surface area contributed by atoms with Crippen LogP contribution < -0.4 is 0 Å². The molecule has 2 saturated heterocycles.